The maximum atomic E-state index is 4.63. The van der Waals surface area contributed by atoms with Crippen LogP contribution in [0, 0.1) is 13.8 Å². The van der Waals surface area contributed by atoms with Gasteiger partial charge in [-0.2, -0.15) is 0 Å². The molecule has 0 N–H and O–H groups in total. The van der Waals surface area contributed by atoms with Gasteiger partial charge < -0.3 is 4.57 Å². The average Bonchev–Trinajstić information content (AvgIpc) is 2.56. The van der Waals surface area contributed by atoms with Gasteiger partial charge in [-0.3, -0.25) is 0 Å². The Morgan fingerprint density at radius 1 is 1.20 bits per heavy atom. The average molecular weight is 224 g/mol. The molecule has 1 heterocycles. The molecule has 1 aromatic heterocycles. The van der Waals surface area contributed by atoms with Crippen LogP contribution in [0.25, 0.3) is 0 Å². The molecule has 1 aromatic rings. The molecule has 0 aliphatic heterocycles. The van der Waals surface area contributed by atoms with Gasteiger partial charge in [0.05, 0.1) is 5.69 Å². The van der Waals surface area contributed by atoms with Gasteiger partial charge in [0.15, 0.2) is 5.16 Å². The molecule has 0 unspecified atom stereocenters. The van der Waals surface area contributed by atoms with E-state index in [1.54, 1.807) is 11.8 Å². The van der Waals surface area contributed by atoms with Crippen molar-refractivity contribution in [2.45, 2.75) is 57.1 Å². The van der Waals surface area contributed by atoms with Crippen molar-refractivity contribution < 1.29 is 0 Å². The molecule has 1 aliphatic carbocycles. The smallest absolute Gasteiger partial charge is 0.168 e. The van der Waals surface area contributed by atoms with E-state index in [0.717, 1.165) is 0 Å². The molecule has 15 heavy (non-hydrogen) atoms. The van der Waals surface area contributed by atoms with E-state index in [0.29, 0.717) is 6.04 Å². The SMILES string of the molecule is CSc1nc(C)c(C)n1C1CCCCC1. The van der Waals surface area contributed by atoms with Crippen LogP contribution in [0.15, 0.2) is 5.16 Å². The van der Waals surface area contributed by atoms with Crippen molar-refractivity contribution in [1.82, 2.24) is 9.55 Å². The number of nitrogens with zero attached hydrogens (tertiary/aromatic N) is 2. The molecular weight excluding hydrogens is 204 g/mol. The van der Waals surface area contributed by atoms with E-state index in [1.807, 2.05) is 0 Å². The van der Waals surface area contributed by atoms with Gasteiger partial charge in [-0.25, -0.2) is 4.98 Å². The van der Waals surface area contributed by atoms with Gasteiger partial charge in [0.25, 0.3) is 0 Å². The largest absolute Gasteiger partial charge is 0.320 e. The molecular formula is C12H20N2S. The third kappa shape index (κ3) is 2.07. The lowest BCUT2D eigenvalue weighted by molar-refractivity contribution is 0.332. The fraction of sp³-hybridized carbons (Fsp3) is 0.750. The Balaban J connectivity index is 2.31. The van der Waals surface area contributed by atoms with Crippen LogP contribution in [0.1, 0.15) is 49.5 Å². The Morgan fingerprint density at radius 3 is 2.47 bits per heavy atom. The van der Waals surface area contributed by atoms with E-state index >= 15 is 0 Å². The lowest BCUT2D eigenvalue weighted by Gasteiger charge is -2.25. The number of aromatic nitrogens is 2. The highest BCUT2D eigenvalue weighted by Crippen LogP contribution is 2.33. The second-order valence-corrected chi connectivity index (χ2v) is 5.20. The first kappa shape index (κ1) is 11.1. The van der Waals surface area contributed by atoms with Gasteiger partial charge in [-0.1, -0.05) is 31.0 Å². The summed E-state index contributed by atoms with van der Waals surface area (Å²) in [5.74, 6) is 0. The van der Waals surface area contributed by atoms with E-state index in [2.05, 4.69) is 29.7 Å². The molecule has 2 nitrogen and oxygen atoms in total. The van der Waals surface area contributed by atoms with Gasteiger partial charge in [0.2, 0.25) is 0 Å². The maximum absolute atomic E-state index is 4.63. The van der Waals surface area contributed by atoms with Crippen LogP contribution in [0.3, 0.4) is 0 Å². The lowest BCUT2D eigenvalue weighted by atomic mass is 9.95. The molecule has 0 radical (unpaired) electrons. The molecule has 1 aliphatic rings. The Morgan fingerprint density at radius 2 is 1.87 bits per heavy atom. The molecule has 0 spiro atoms. The molecule has 2 rings (SSSR count). The topological polar surface area (TPSA) is 17.8 Å². The highest BCUT2D eigenvalue weighted by molar-refractivity contribution is 7.98. The van der Waals surface area contributed by atoms with Crippen LogP contribution in [-0.2, 0) is 0 Å². The van der Waals surface area contributed by atoms with Crippen molar-refractivity contribution in [2.24, 2.45) is 0 Å². The van der Waals surface area contributed by atoms with E-state index in [4.69, 9.17) is 0 Å². The van der Waals surface area contributed by atoms with E-state index in [9.17, 15) is 0 Å². The Bertz CT molecular complexity index is 338. The van der Waals surface area contributed by atoms with Gasteiger partial charge >= 0.3 is 0 Å². The number of rotatable bonds is 2. The van der Waals surface area contributed by atoms with Crippen LogP contribution >= 0.6 is 11.8 Å². The zero-order valence-corrected chi connectivity index (χ0v) is 10.7. The molecule has 3 heteroatoms. The summed E-state index contributed by atoms with van der Waals surface area (Å²) in [6.07, 6.45) is 8.98. The third-order valence-electron chi connectivity index (χ3n) is 3.48. The molecule has 0 aromatic carbocycles. The molecule has 1 saturated carbocycles. The molecule has 0 atom stereocenters. The molecule has 0 bridgehead atoms. The van der Waals surface area contributed by atoms with Crippen LogP contribution in [0.5, 0.6) is 0 Å². The second kappa shape index (κ2) is 4.60. The normalized spacial score (nSPS) is 18.3. The fourth-order valence-corrected chi connectivity index (χ4v) is 3.22. The van der Waals surface area contributed by atoms with Crippen molar-refractivity contribution >= 4 is 11.8 Å². The Labute approximate surface area is 96.5 Å². The predicted octanol–water partition coefficient (Wildman–Crippen LogP) is 3.73. The van der Waals surface area contributed by atoms with Crippen molar-refractivity contribution in [3.05, 3.63) is 11.4 Å². The van der Waals surface area contributed by atoms with Crippen molar-refractivity contribution in [2.75, 3.05) is 6.26 Å². The summed E-state index contributed by atoms with van der Waals surface area (Å²) < 4.78 is 2.47. The minimum Gasteiger partial charge on any atom is -0.320 e. The molecule has 0 amide bonds. The van der Waals surface area contributed by atoms with Crippen molar-refractivity contribution in [3.63, 3.8) is 0 Å². The molecule has 84 valence electrons. The zero-order chi connectivity index (χ0) is 10.8. The van der Waals surface area contributed by atoms with Crippen LogP contribution in [-0.4, -0.2) is 15.8 Å². The highest BCUT2D eigenvalue weighted by atomic mass is 32.2. The van der Waals surface area contributed by atoms with Crippen LogP contribution in [0.4, 0.5) is 0 Å². The standard InChI is InChI=1S/C12H20N2S/c1-9-10(2)14(12(13-9)15-3)11-7-5-4-6-8-11/h11H,4-8H2,1-3H3. The van der Waals surface area contributed by atoms with Crippen molar-refractivity contribution in [3.8, 4) is 0 Å². The summed E-state index contributed by atoms with van der Waals surface area (Å²) in [7, 11) is 0. The number of imidazole rings is 1. The number of hydrogen-bond acceptors (Lipinski definition) is 2. The first-order chi connectivity index (χ1) is 7.24. The molecule has 0 saturated heterocycles. The summed E-state index contributed by atoms with van der Waals surface area (Å²) in [4.78, 5) is 4.63. The lowest BCUT2D eigenvalue weighted by Crippen LogP contribution is -2.15. The third-order valence-corrected chi connectivity index (χ3v) is 4.13. The number of thioether (sulfide) groups is 1. The second-order valence-electron chi connectivity index (χ2n) is 4.43. The van der Waals surface area contributed by atoms with Gasteiger partial charge in [0.1, 0.15) is 0 Å². The predicted molar refractivity (Wildman–Crippen MR) is 65.6 cm³/mol. The van der Waals surface area contributed by atoms with E-state index in [-0.39, 0.29) is 0 Å². The number of hydrogen-bond donors (Lipinski definition) is 0. The van der Waals surface area contributed by atoms with Crippen LogP contribution < -0.4 is 0 Å². The quantitative estimate of drug-likeness (QED) is 0.712. The fourth-order valence-electron chi connectivity index (χ4n) is 2.51. The first-order valence-electron chi connectivity index (χ1n) is 5.83. The minimum atomic E-state index is 0.711. The zero-order valence-electron chi connectivity index (χ0n) is 9.92. The summed E-state index contributed by atoms with van der Waals surface area (Å²) >= 11 is 1.78. The van der Waals surface area contributed by atoms with Gasteiger partial charge in [-0.15, -0.1) is 0 Å². The highest BCUT2D eigenvalue weighted by Gasteiger charge is 2.20. The summed E-state index contributed by atoms with van der Waals surface area (Å²) in [6.45, 7) is 4.32. The van der Waals surface area contributed by atoms with Crippen molar-refractivity contribution in [1.29, 1.82) is 0 Å². The van der Waals surface area contributed by atoms with Crippen LogP contribution in [0.2, 0.25) is 0 Å². The van der Waals surface area contributed by atoms with E-state index < -0.39 is 0 Å². The number of aryl methyl sites for hydroxylation is 1. The summed E-state index contributed by atoms with van der Waals surface area (Å²) in [5, 5.41) is 1.21. The Kier molecular flexibility index (Phi) is 3.39. The summed E-state index contributed by atoms with van der Waals surface area (Å²) in [6, 6.07) is 0.711. The van der Waals surface area contributed by atoms with Gasteiger partial charge in [0, 0.05) is 11.7 Å². The van der Waals surface area contributed by atoms with Gasteiger partial charge in [-0.05, 0) is 32.9 Å². The van der Waals surface area contributed by atoms with E-state index in [1.165, 1.54) is 48.6 Å². The maximum Gasteiger partial charge on any atom is 0.168 e. The Hall–Kier alpha value is -0.440. The summed E-state index contributed by atoms with van der Waals surface area (Å²) in [5.41, 5.74) is 2.57. The monoisotopic (exact) mass is 224 g/mol. The first-order valence-corrected chi connectivity index (χ1v) is 7.06. The minimum absolute atomic E-state index is 0.711. The molecule has 1 fully saturated rings.